The first-order chi connectivity index (χ1) is 20.4. The number of nitrogens with zero attached hydrogens (tertiary/aromatic N) is 1. The summed E-state index contributed by atoms with van der Waals surface area (Å²) >= 11 is 1.73. The fraction of sp³-hybridized carbons (Fsp3) is 0.121. The summed E-state index contributed by atoms with van der Waals surface area (Å²) in [6.45, 7) is 1.48. The number of thioether (sulfide) groups is 1. The Balaban J connectivity index is 1.17. The van der Waals surface area contributed by atoms with Crippen molar-refractivity contribution in [1.29, 1.82) is 0 Å². The second kappa shape index (κ2) is 12.3. The fourth-order valence-electron chi connectivity index (χ4n) is 4.82. The quantitative estimate of drug-likeness (QED) is 0.147. The topological polar surface area (TPSA) is 84.9 Å². The monoisotopic (exact) mass is 596 g/mol. The zero-order valence-electron chi connectivity index (χ0n) is 22.6. The van der Waals surface area contributed by atoms with Crippen molar-refractivity contribution in [3.8, 4) is 11.5 Å². The molecule has 0 atom stereocenters. The molecule has 0 bridgehead atoms. The summed E-state index contributed by atoms with van der Waals surface area (Å²) in [7, 11) is -4.07. The van der Waals surface area contributed by atoms with Crippen LogP contribution in [0.1, 0.15) is 21.5 Å². The molecule has 6 rings (SSSR count). The van der Waals surface area contributed by atoms with Crippen molar-refractivity contribution in [2.75, 3.05) is 12.7 Å². The van der Waals surface area contributed by atoms with Gasteiger partial charge in [-0.1, -0.05) is 72.8 Å². The van der Waals surface area contributed by atoms with E-state index in [0.29, 0.717) is 24.0 Å². The molecule has 212 valence electrons. The number of benzene rings is 5. The molecular formula is C33H28N2O5S2. The second-order valence-corrected chi connectivity index (χ2v) is 12.6. The SMILES string of the molecule is O=C(NS(=O)(=O)c1ccc(CN(CSc2ccccc2)Cc2ccc3c(c2)OCO3)cc1)c1cccc2ccccc12. The highest BCUT2D eigenvalue weighted by atomic mass is 32.2. The van der Waals surface area contributed by atoms with E-state index in [4.69, 9.17) is 9.47 Å². The zero-order valence-corrected chi connectivity index (χ0v) is 24.2. The molecule has 0 radical (unpaired) electrons. The van der Waals surface area contributed by atoms with Gasteiger partial charge in [0.1, 0.15) is 0 Å². The second-order valence-electron chi connectivity index (χ2n) is 9.87. The van der Waals surface area contributed by atoms with Crippen LogP contribution in [0, 0.1) is 0 Å². The van der Waals surface area contributed by atoms with Crippen LogP contribution in [0.5, 0.6) is 11.5 Å². The molecule has 0 aliphatic carbocycles. The highest BCUT2D eigenvalue weighted by Crippen LogP contribution is 2.33. The van der Waals surface area contributed by atoms with Gasteiger partial charge < -0.3 is 9.47 Å². The van der Waals surface area contributed by atoms with E-state index in [2.05, 4.69) is 21.8 Å². The maximum absolute atomic E-state index is 13.1. The fourth-order valence-corrected chi connectivity index (χ4v) is 6.65. The van der Waals surface area contributed by atoms with Gasteiger partial charge in [0.15, 0.2) is 11.5 Å². The summed E-state index contributed by atoms with van der Waals surface area (Å²) in [6.07, 6.45) is 0. The Morgan fingerprint density at radius 3 is 2.29 bits per heavy atom. The third-order valence-electron chi connectivity index (χ3n) is 6.90. The highest BCUT2D eigenvalue weighted by Gasteiger charge is 2.21. The van der Waals surface area contributed by atoms with Crippen molar-refractivity contribution in [1.82, 2.24) is 9.62 Å². The third kappa shape index (κ3) is 6.44. The van der Waals surface area contributed by atoms with E-state index in [0.717, 1.165) is 38.8 Å². The maximum atomic E-state index is 13.1. The van der Waals surface area contributed by atoms with Crippen LogP contribution in [-0.2, 0) is 23.1 Å². The summed E-state index contributed by atoms with van der Waals surface area (Å²) in [6, 6.07) is 35.4. The van der Waals surface area contributed by atoms with E-state index in [-0.39, 0.29) is 11.7 Å². The van der Waals surface area contributed by atoms with Gasteiger partial charge in [0.05, 0.1) is 4.90 Å². The Morgan fingerprint density at radius 2 is 1.45 bits per heavy atom. The predicted octanol–water partition coefficient (Wildman–Crippen LogP) is 6.44. The number of hydrogen-bond acceptors (Lipinski definition) is 7. The third-order valence-corrected chi connectivity index (χ3v) is 9.35. The van der Waals surface area contributed by atoms with E-state index in [1.165, 1.54) is 12.1 Å². The first kappa shape index (κ1) is 27.8. The van der Waals surface area contributed by atoms with Crippen LogP contribution in [0.15, 0.2) is 125 Å². The molecule has 0 saturated heterocycles. The van der Waals surface area contributed by atoms with Crippen LogP contribution in [0.25, 0.3) is 10.8 Å². The molecule has 0 fully saturated rings. The molecule has 0 saturated carbocycles. The lowest BCUT2D eigenvalue weighted by Gasteiger charge is -2.22. The van der Waals surface area contributed by atoms with E-state index < -0.39 is 15.9 Å². The highest BCUT2D eigenvalue weighted by molar-refractivity contribution is 7.99. The van der Waals surface area contributed by atoms with Gasteiger partial charge in [-0.15, -0.1) is 11.8 Å². The molecule has 5 aromatic rings. The molecule has 0 spiro atoms. The van der Waals surface area contributed by atoms with Crippen molar-refractivity contribution in [3.05, 3.63) is 132 Å². The van der Waals surface area contributed by atoms with Crippen LogP contribution >= 0.6 is 11.8 Å². The smallest absolute Gasteiger partial charge is 0.265 e. The Bertz CT molecular complexity index is 1820. The molecule has 1 heterocycles. The Morgan fingerprint density at radius 1 is 0.762 bits per heavy atom. The number of hydrogen-bond donors (Lipinski definition) is 1. The first-order valence-corrected chi connectivity index (χ1v) is 15.8. The van der Waals surface area contributed by atoms with E-state index in [9.17, 15) is 13.2 Å². The van der Waals surface area contributed by atoms with Gasteiger partial charge in [0.25, 0.3) is 15.9 Å². The van der Waals surface area contributed by atoms with E-state index in [1.807, 2.05) is 60.7 Å². The summed E-state index contributed by atoms with van der Waals surface area (Å²) in [5.74, 6) is 1.54. The molecule has 0 aromatic heterocycles. The first-order valence-electron chi connectivity index (χ1n) is 13.4. The molecule has 1 amide bonds. The average Bonchev–Trinajstić information content (AvgIpc) is 3.48. The molecule has 1 aliphatic rings. The lowest BCUT2D eigenvalue weighted by atomic mass is 10.0. The number of amides is 1. The van der Waals surface area contributed by atoms with Crippen LogP contribution in [0.3, 0.4) is 0 Å². The van der Waals surface area contributed by atoms with Crippen molar-refractivity contribution in [2.45, 2.75) is 22.9 Å². The number of sulfonamides is 1. The lowest BCUT2D eigenvalue weighted by molar-refractivity contribution is 0.0983. The standard InChI is InChI=1S/C33H28N2O5S2/c36-33(30-12-6-8-26-7-4-5-11-29(26)30)34-42(37,38)28-16-13-24(14-17-28)20-35(22-41-27-9-2-1-3-10-27)21-25-15-18-31-32(19-25)40-23-39-31/h1-19H,20-23H2,(H,34,36). The summed E-state index contributed by atoms with van der Waals surface area (Å²) in [5.41, 5.74) is 2.34. The molecule has 42 heavy (non-hydrogen) atoms. The van der Waals surface area contributed by atoms with Gasteiger partial charge in [-0.2, -0.15) is 0 Å². The molecule has 9 heteroatoms. The normalized spacial score (nSPS) is 12.5. The summed E-state index contributed by atoms with van der Waals surface area (Å²) < 4.78 is 39.5. The number of carbonyl (C=O) groups is 1. The number of fused-ring (bicyclic) bond motifs is 2. The number of ether oxygens (including phenoxy) is 2. The predicted molar refractivity (Wildman–Crippen MR) is 164 cm³/mol. The van der Waals surface area contributed by atoms with Gasteiger partial charge in [0.2, 0.25) is 6.79 Å². The molecular weight excluding hydrogens is 569 g/mol. The molecule has 1 aliphatic heterocycles. The summed E-state index contributed by atoms with van der Waals surface area (Å²) in [5, 5.41) is 1.56. The van der Waals surface area contributed by atoms with Crippen molar-refractivity contribution < 1.29 is 22.7 Å². The van der Waals surface area contributed by atoms with E-state index >= 15 is 0 Å². The van der Waals surface area contributed by atoms with Crippen LogP contribution < -0.4 is 14.2 Å². The molecule has 5 aromatic carbocycles. The molecule has 7 nitrogen and oxygen atoms in total. The Labute approximate surface area is 249 Å². The van der Waals surface area contributed by atoms with Crippen molar-refractivity contribution in [3.63, 3.8) is 0 Å². The molecule has 0 unspecified atom stereocenters. The number of rotatable bonds is 10. The van der Waals surface area contributed by atoms with Gasteiger partial charge in [-0.25, -0.2) is 13.1 Å². The Kier molecular flexibility index (Phi) is 8.14. The largest absolute Gasteiger partial charge is 0.454 e. The minimum absolute atomic E-state index is 0.0285. The van der Waals surface area contributed by atoms with Gasteiger partial charge >= 0.3 is 0 Å². The average molecular weight is 597 g/mol. The van der Waals surface area contributed by atoms with Gasteiger partial charge in [-0.3, -0.25) is 9.69 Å². The summed E-state index contributed by atoms with van der Waals surface area (Å²) in [4.78, 5) is 16.4. The minimum atomic E-state index is -4.07. The zero-order chi connectivity index (χ0) is 28.9. The Hall–Kier alpha value is -4.31. The van der Waals surface area contributed by atoms with Gasteiger partial charge in [-0.05, 0) is 64.4 Å². The maximum Gasteiger partial charge on any atom is 0.265 e. The molecule has 1 N–H and O–H groups in total. The minimum Gasteiger partial charge on any atom is -0.454 e. The van der Waals surface area contributed by atoms with Crippen LogP contribution in [-0.4, -0.2) is 31.9 Å². The van der Waals surface area contributed by atoms with E-state index in [1.54, 1.807) is 42.1 Å². The van der Waals surface area contributed by atoms with Crippen molar-refractivity contribution in [2.24, 2.45) is 0 Å². The van der Waals surface area contributed by atoms with Crippen LogP contribution in [0.2, 0.25) is 0 Å². The number of carbonyl (C=O) groups excluding carboxylic acids is 1. The van der Waals surface area contributed by atoms with Gasteiger partial charge in [0, 0.05) is 29.4 Å². The lowest BCUT2D eigenvalue weighted by Crippen LogP contribution is -2.30. The number of nitrogens with one attached hydrogen (secondary N) is 1. The van der Waals surface area contributed by atoms with Crippen molar-refractivity contribution >= 4 is 38.5 Å². The van der Waals surface area contributed by atoms with Crippen LogP contribution in [0.4, 0.5) is 0 Å².